The Kier molecular flexibility index (Phi) is 6.74. The molecule has 1 saturated heterocycles. The zero-order valence-electron chi connectivity index (χ0n) is 19.7. The predicted octanol–water partition coefficient (Wildman–Crippen LogP) is 4.32. The van der Waals surface area contributed by atoms with Crippen LogP contribution in [0.5, 0.6) is 11.5 Å². The van der Waals surface area contributed by atoms with E-state index in [0.717, 1.165) is 68.2 Å². The molecule has 1 atom stereocenters. The Bertz CT molecular complexity index is 1090. The number of nitrogens with zero attached hydrogens (tertiary/aromatic N) is 3. The van der Waals surface area contributed by atoms with Crippen molar-refractivity contribution in [2.45, 2.75) is 51.6 Å². The standard InChI is InChI=1S/C27H34N4O2/c1-3-20-13-24-23(5-4-6-25(24)30-15-20)19(2)18-31-9-7-21(8-10-31)28-16-22-14-26-27(17-29-22)33-12-11-32-26/h4-6,13-15,17,19,21,28H,3,7-12,16,18H2,1-2H3. The molecule has 1 unspecified atom stereocenters. The van der Waals surface area contributed by atoms with Crippen molar-refractivity contribution in [3.63, 3.8) is 0 Å². The van der Waals surface area contributed by atoms with Gasteiger partial charge in [-0.3, -0.25) is 9.97 Å². The first-order chi connectivity index (χ1) is 16.2. The van der Waals surface area contributed by atoms with Crippen molar-refractivity contribution in [1.29, 1.82) is 0 Å². The van der Waals surface area contributed by atoms with Crippen LogP contribution in [0.2, 0.25) is 0 Å². The molecule has 33 heavy (non-hydrogen) atoms. The Morgan fingerprint density at radius 2 is 1.88 bits per heavy atom. The van der Waals surface area contributed by atoms with Crippen LogP contribution in [0, 0.1) is 0 Å². The number of likely N-dealkylation sites (tertiary alicyclic amines) is 1. The summed E-state index contributed by atoms with van der Waals surface area (Å²) in [6, 6.07) is 11.4. The van der Waals surface area contributed by atoms with Crippen molar-refractivity contribution in [3.05, 3.63) is 59.5 Å². The Morgan fingerprint density at radius 1 is 1.06 bits per heavy atom. The van der Waals surface area contributed by atoms with E-state index in [1.807, 2.05) is 12.3 Å². The van der Waals surface area contributed by atoms with Crippen LogP contribution in [-0.4, -0.2) is 53.8 Å². The summed E-state index contributed by atoms with van der Waals surface area (Å²) < 4.78 is 11.2. The number of pyridine rings is 2. The van der Waals surface area contributed by atoms with Crippen LogP contribution < -0.4 is 14.8 Å². The summed E-state index contributed by atoms with van der Waals surface area (Å²) in [5.74, 6) is 2.04. The van der Waals surface area contributed by atoms with Gasteiger partial charge in [0, 0.05) is 36.8 Å². The molecule has 2 aromatic heterocycles. The van der Waals surface area contributed by atoms with Gasteiger partial charge in [0.2, 0.25) is 0 Å². The smallest absolute Gasteiger partial charge is 0.179 e. The first-order valence-corrected chi connectivity index (χ1v) is 12.3. The van der Waals surface area contributed by atoms with Crippen molar-refractivity contribution in [2.24, 2.45) is 0 Å². The lowest BCUT2D eigenvalue weighted by Gasteiger charge is -2.34. The number of rotatable bonds is 7. The summed E-state index contributed by atoms with van der Waals surface area (Å²) in [6.07, 6.45) is 7.13. The molecular formula is C27H34N4O2. The number of aryl methyl sites for hydroxylation is 1. The van der Waals surface area contributed by atoms with Gasteiger partial charge in [0.1, 0.15) is 13.2 Å². The quantitative estimate of drug-likeness (QED) is 0.583. The Labute approximate surface area is 196 Å². The minimum absolute atomic E-state index is 0.481. The number of ether oxygens (including phenoxy) is 2. The minimum Gasteiger partial charge on any atom is -0.486 e. The Morgan fingerprint density at radius 3 is 2.70 bits per heavy atom. The van der Waals surface area contributed by atoms with Gasteiger partial charge in [-0.2, -0.15) is 0 Å². The molecule has 1 fully saturated rings. The molecule has 174 valence electrons. The SMILES string of the molecule is CCc1cnc2cccc(C(C)CN3CCC(NCc4cc5c(cn4)OCCO5)CC3)c2c1. The molecule has 1 aromatic carbocycles. The van der Waals surface area contributed by atoms with E-state index in [9.17, 15) is 0 Å². The lowest BCUT2D eigenvalue weighted by Crippen LogP contribution is -2.43. The van der Waals surface area contributed by atoms with Crippen LogP contribution in [0.15, 0.2) is 42.7 Å². The third-order valence-electron chi connectivity index (χ3n) is 6.93. The van der Waals surface area contributed by atoms with E-state index < -0.39 is 0 Å². The highest BCUT2D eigenvalue weighted by Gasteiger charge is 2.22. The normalized spacial score (nSPS) is 17.9. The fourth-order valence-corrected chi connectivity index (χ4v) is 4.98. The van der Waals surface area contributed by atoms with Gasteiger partial charge in [-0.05, 0) is 61.5 Å². The van der Waals surface area contributed by atoms with Crippen LogP contribution in [-0.2, 0) is 13.0 Å². The van der Waals surface area contributed by atoms with Crippen LogP contribution in [0.1, 0.15) is 49.4 Å². The lowest BCUT2D eigenvalue weighted by molar-refractivity contribution is 0.170. The zero-order valence-corrected chi connectivity index (χ0v) is 19.7. The maximum Gasteiger partial charge on any atom is 0.179 e. The second kappa shape index (κ2) is 10.1. The van der Waals surface area contributed by atoms with Crippen LogP contribution in [0.25, 0.3) is 10.9 Å². The van der Waals surface area contributed by atoms with Gasteiger partial charge in [0.05, 0.1) is 17.4 Å². The van der Waals surface area contributed by atoms with E-state index in [0.29, 0.717) is 25.2 Å². The van der Waals surface area contributed by atoms with Gasteiger partial charge in [-0.1, -0.05) is 26.0 Å². The van der Waals surface area contributed by atoms with Gasteiger partial charge >= 0.3 is 0 Å². The second-order valence-corrected chi connectivity index (χ2v) is 9.29. The summed E-state index contributed by atoms with van der Waals surface area (Å²) in [5, 5.41) is 5.01. The summed E-state index contributed by atoms with van der Waals surface area (Å²) in [4.78, 5) is 11.8. The fourth-order valence-electron chi connectivity index (χ4n) is 4.98. The number of hydrogen-bond donors (Lipinski definition) is 1. The molecule has 4 heterocycles. The van der Waals surface area contributed by atoms with Gasteiger partial charge in [-0.25, -0.2) is 0 Å². The molecule has 2 aliphatic rings. The minimum atomic E-state index is 0.481. The predicted molar refractivity (Wildman–Crippen MR) is 131 cm³/mol. The average Bonchev–Trinajstić information content (AvgIpc) is 2.87. The number of fused-ring (bicyclic) bond motifs is 2. The molecule has 0 amide bonds. The molecular weight excluding hydrogens is 412 g/mol. The molecule has 1 N–H and O–H groups in total. The molecule has 0 saturated carbocycles. The van der Waals surface area contributed by atoms with Crippen molar-refractivity contribution >= 4 is 10.9 Å². The number of benzene rings is 1. The summed E-state index contributed by atoms with van der Waals surface area (Å²) in [6.45, 7) is 9.85. The van der Waals surface area contributed by atoms with E-state index >= 15 is 0 Å². The number of piperidine rings is 1. The molecule has 0 spiro atoms. The second-order valence-electron chi connectivity index (χ2n) is 9.29. The van der Waals surface area contributed by atoms with Crippen LogP contribution in [0.4, 0.5) is 0 Å². The highest BCUT2D eigenvalue weighted by Crippen LogP contribution is 2.30. The maximum absolute atomic E-state index is 5.68. The lowest BCUT2D eigenvalue weighted by atomic mass is 9.94. The first-order valence-electron chi connectivity index (χ1n) is 12.3. The third-order valence-corrected chi connectivity index (χ3v) is 6.93. The van der Waals surface area contributed by atoms with Crippen molar-refractivity contribution in [1.82, 2.24) is 20.2 Å². The average molecular weight is 447 g/mol. The van der Waals surface area contributed by atoms with Crippen molar-refractivity contribution in [2.75, 3.05) is 32.8 Å². The van der Waals surface area contributed by atoms with E-state index in [4.69, 9.17) is 9.47 Å². The molecule has 6 heteroatoms. The fraction of sp³-hybridized carbons (Fsp3) is 0.481. The number of hydrogen-bond acceptors (Lipinski definition) is 6. The third kappa shape index (κ3) is 5.12. The number of nitrogens with one attached hydrogen (secondary N) is 1. The van der Waals surface area contributed by atoms with E-state index in [2.05, 4.69) is 58.3 Å². The van der Waals surface area contributed by atoms with Crippen LogP contribution >= 0.6 is 0 Å². The molecule has 2 aliphatic heterocycles. The van der Waals surface area contributed by atoms with Crippen molar-refractivity contribution in [3.8, 4) is 11.5 Å². The van der Waals surface area contributed by atoms with Gasteiger partial charge in [0.15, 0.2) is 11.5 Å². The summed E-state index contributed by atoms with van der Waals surface area (Å²) >= 11 is 0. The van der Waals surface area contributed by atoms with Gasteiger partial charge in [-0.15, -0.1) is 0 Å². The number of aromatic nitrogens is 2. The van der Waals surface area contributed by atoms with Gasteiger partial charge < -0.3 is 19.7 Å². The molecule has 6 nitrogen and oxygen atoms in total. The molecule has 0 aliphatic carbocycles. The van der Waals surface area contributed by atoms with E-state index in [1.54, 1.807) is 6.20 Å². The van der Waals surface area contributed by atoms with E-state index in [1.165, 1.54) is 16.5 Å². The highest BCUT2D eigenvalue weighted by atomic mass is 16.6. The monoisotopic (exact) mass is 446 g/mol. The molecule has 0 bridgehead atoms. The summed E-state index contributed by atoms with van der Waals surface area (Å²) in [5.41, 5.74) is 4.83. The topological polar surface area (TPSA) is 59.5 Å². The van der Waals surface area contributed by atoms with Crippen molar-refractivity contribution < 1.29 is 9.47 Å². The largest absolute Gasteiger partial charge is 0.486 e. The molecule has 3 aromatic rings. The van der Waals surface area contributed by atoms with Gasteiger partial charge in [0.25, 0.3) is 0 Å². The highest BCUT2D eigenvalue weighted by molar-refractivity contribution is 5.83. The Balaban J connectivity index is 1.14. The summed E-state index contributed by atoms with van der Waals surface area (Å²) in [7, 11) is 0. The Hall–Kier alpha value is -2.70. The zero-order chi connectivity index (χ0) is 22.6. The molecule has 5 rings (SSSR count). The molecule has 0 radical (unpaired) electrons. The maximum atomic E-state index is 5.68. The van der Waals surface area contributed by atoms with Crippen LogP contribution in [0.3, 0.4) is 0 Å². The van der Waals surface area contributed by atoms with E-state index in [-0.39, 0.29) is 0 Å². The first kappa shape index (κ1) is 22.1.